The first-order valence-corrected chi connectivity index (χ1v) is 9.86. The average Bonchev–Trinajstić information content (AvgIpc) is 3.10. The van der Waals surface area contributed by atoms with Crippen LogP contribution in [0.25, 0.3) is 27.9 Å². The first-order chi connectivity index (χ1) is 13.2. The SMILES string of the molecule is Clc1ccc(-c2nnc3n2NC(c2ccc4ccccc4c2)=CS3)c(Cl)c1. The van der Waals surface area contributed by atoms with Crippen molar-refractivity contribution in [1.82, 2.24) is 14.9 Å². The fraction of sp³-hybridized carbons (Fsp3) is 0. The standard InChI is InChI=1S/C20H12Cl2N4S/c21-15-7-8-16(17(22)10-15)19-23-24-20-26(19)25-18(11-27-20)14-6-5-12-3-1-2-4-13(12)9-14/h1-11,25H. The van der Waals surface area contributed by atoms with Gasteiger partial charge in [0.05, 0.1) is 10.7 Å². The number of hydrogen-bond donors (Lipinski definition) is 1. The number of aromatic nitrogens is 3. The molecule has 1 aliphatic rings. The molecule has 3 aromatic carbocycles. The minimum atomic E-state index is 0.534. The summed E-state index contributed by atoms with van der Waals surface area (Å²) in [4.78, 5) is 0. The number of benzene rings is 3. The van der Waals surface area contributed by atoms with E-state index < -0.39 is 0 Å². The summed E-state index contributed by atoms with van der Waals surface area (Å²) in [6.07, 6.45) is 0. The molecule has 4 aromatic rings. The van der Waals surface area contributed by atoms with Crippen molar-refractivity contribution in [2.45, 2.75) is 5.16 Å². The highest BCUT2D eigenvalue weighted by molar-refractivity contribution is 8.02. The number of thioether (sulfide) groups is 1. The summed E-state index contributed by atoms with van der Waals surface area (Å²) in [5.41, 5.74) is 6.25. The van der Waals surface area contributed by atoms with Crippen molar-refractivity contribution >= 4 is 51.4 Å². The monoisotopic (exact) mass is 410 g/mol. The molecule has 27 heavy (non-hydrogen) atoms. The average molecular weight is 411 g/mol. The third kappa shape index (κ3) is 2.98. The van der Waals surface area contributed by atoms with Gasteiger partial charge in [-0.2, -0.15) is 0 Å². The Morgan fingerprint density at radius 2 is 1.74 bits per heavy atom. The van der Waals surface area contributed by atoms with E-state index in [4.69, 9.17) is 23.2 Å². The molecule has 4 nitrogen and oxygen atoms in total. The van der Waals surface area contributed by atoms with Gasteiger partial charge in [0, 0.05) is 21.6 Å². The van der Waals surface area contributed by atoms with Crippen LogP contribution in [0.1, 0.15) is 5.56 Å². The van der Waals surface area contributed by atoms with E-state index in [1.165, 1.54) is 22.5 Å². The number of rotatable bonds is 2. The molecule has 0 saturated heterocycles. The summed E-state index contributed by atoms with van der Waals surface area (Å²) in [5, 5.41) is 14.9. The Kier molecular flexibility index (Phi) is 4.08. The van der Waals surface area contributed by atoms with E-state index in [1.54, 1.807) is 12.1 Å². The van der Waals surface area contributed by atoms with Crippen molar-refractivity contribution in [3.05, 3.63) is 81.7 Å². The Balaban J connectivity index is 1.54. The van der Waals surface area contributed by atoms with Gasteiger partial charge in [-0.05, 0) is 35.0 Å². The zero-order valence-electron chi connectivity index (χ0n) is 13.9. The Bertz CT molecular complexity index is 1220. The van der Waals surface area contributed by atoms with E-state index in [-0.39, 0.29) is 0 Å². The molecule has 0 unspecified atom stereocenters. The second-order valence-electron chi connectivity index (χ2n) is 6.09. The smallest absolute Gasteiger partial charge is 0.214 e. The van der Waals surface area contributed by atoms with Crippen LogP contribution in [0.3, 0.4) is 0 Å². The Hall–Kier alpha value is -2.47. The highest BCUT2D eigenvalue weighted by atomic mass is 35.5. The van der Waals surface area contributed by atoms with E-state index >= 15 is 0 Å². The summed E-state index contributed by atoms with van der Waals surface area (Å²) >= 11 is 13.9. The minimum absolute atomic E-state index is 0.534. The molecular weight excluding hydrogens is 399 g/mol. The van der Waals surface area contributed by atoms with Gasteiger partial charge in [-0.1, -0.05) is 71.4 Å². The molecular formula is C20H12Cl2N4S. The van der Waals surface area contributed by atoms with E-state index in [0.717, 1.165) is 22.0 Å². The van der Waals surface area contributed by atoms with Gasteiger partial charge in [-0.15, -0.1) is 10.2 Å². The quantitative estimate of drug-likeness (QED) is 0.436. The second kappa shape index (κ2) is 6.60. The number of halogens is 2. The first-order valence-electron chi connectivity index (χ1n) is 8.23. The predicted octanol–water partition coefficient (Wildman–Crippen LogP) is 6.05. The maximum absolute atomic E-state index is 6.37. The molecule has 0 saturated carbocycles. The summed E-state index contributed by atoms with van der Waals surface area (Å²) in [6.45, 7) is 0. The highest BCUT2D eigenvalue weighted by Gasteiger charge is 2.21. The summed E-state index contributed by atoms with van der Waals surface area (Å²) in [6, 6.07) is 20.0. The van der Waals surface area contributed by atoms with Crippen LogP contribution in [-0.4, -0.2) is 14.9 Å². The molecule has 132 valence electrons. The number of nitrogens with one attached hydrogen (secondary N) is 1. The van der Waals surface area contributed by atoms with Crippen LogP contribution in [0.2, 0.25) is 10.0 Å². The van der Waals surface area contributed by atoms with Crippen LogP contribution in [0, 0.1) is 0 Å². The van der Waals surface area contributed by atoms with E-state index in [2.05, 4.69) is 46.0 Å². The maximum Gasteiger partial charge on any atom is 0.214 e. The summed E-state index contributed by atoms with van der Waals surface area (Å²) in [7, 11) is 0. The molecule has 7 heteroatoms. The van der Waals surface area contributed by atoms with Gasteiger partial charge < -0.3 is 0 Å². The van der Waals surface area contributed by atoms with Crippen LogP contribution >= 0.6 is 35.0 Å². The fourth-order valence-corrected chi connectivity index (χ4v) is 4.27. The van der Waals surface area contributed by atoms with Gasteiger partial charge in [0.25, 0.3) is 0 Å². The lowest BCUT2D eigenvalue weighted by Crippen LogP contribution is -2.18. The number of hydrogen-bond acceptors (Lipinski definition) is 4. The molecule has 0 bridgehead atoms. The number of nitrogens with zero attached hydrogens (tertiary/aromatic N) is 3. The van der Waals surface area contributed by atoms with Crippen LogP contribution in [0.15, 0.2) is 71.2 Å². The molecule has 2 heterocycles. The van der Waals surface area contributed by atoms with E-state index in [9.17, 15) is 0 Å². The van der Waals surface area contributed by atoms with Crippen molar-refractivity contribution in [2.75, 3.05) is 5.43 Å². The molecule has 0 amide bonds. The normalized spacial score (nSPS) is 13.2. The first kappa shape index (κ1) is 16.7. The van der Waals surface area contributed by atoms with Gasteiger partial charge in [-0.3, -0.25) is 5.43 Å². The minimum Gasteiger partial charge on any atom is -0.289 e. The van der Waals surface area contributed by atoms with Gasteiger partial charge in [-0.25, -0.2) is 4.68 Å². The van der Waals surface area contributed by atoms with Crippen molar-refractivity contribution in [1.29, 1.82) is 0 Å². The summed E-state index contributed by atoms with van der Waals surface area (Å²) < 4.78 is 1.85. The van der Waals surface area contributed by atoms with Crippen molar-refractivity contribution < 1.29 is 0 Å². The topological polar surface area (TPSA) is 42.7 Å². The third-order valence-corrected chi connectivity index (χ3v) is 5.76. The molecule has 0 spiro atoms. The molecule has 0 radical (unpaired) electrons. The lowest BCUT2D eigenvalue weighted by Gasteiger charge is -2.19. The zero-order valence-corrected chi connectivity index (χ0v) is 16.2. The van der Waals surface area contributed by atoms with Gasteiger partial charge in [0.2, 0.25) is 5.16 Å². The lowest BCUT2D eigenvalue weighted by molar-refractivity contribution is 0.826. The molecule has 1 aromatic heterocycles. The fourth-order valence-electron chi connectivity index (χ4n) is 3.04. The highest BCUT2D eigenvalue weighted by Crippen LogP contribution is 2.35. The van der Waals surface area contributed by atoms with Crippen LogP contribution in [0.4, 0.5) is 0 Å². The second-order valence-corrected chi connectivity index (χ2v) is 7.77. The predicted molar refractivity (Wildman–Crippen MR) is 113 cm³/mol. The maximum atomic E-state index is 6.37. The van der Waals surface area contributed by atoms with E-state index in [0.29, 0.717) is 15.9 Å². The van der Waals surface area contributed by atoms with E-state index in [1.807, 2.05) is 28.3 Å². The zero-order chi connectivity index (χ0) is 18.4. The van der Waals surface area contributed by atoms with Crippen molar-refractivity contribution in [3.8, 4) is 11.4 Å². The lowest BCUT2D eigenvalue weighted by atomic mass is 10.1. The van der Waals surface area contributed by atoms with Gasteiger partial charge in [0.1, 0.15) is 0 Å². The molecule has 0 fully saturated rings. The molecule has 1 aliphatic heterocycles. The number of fused-ring (bicyclic) bond motifs is 2. The van der Waals surface area contributed by atoms with Gasteiger partial charge >= 0.3 is 0 Å². The third-order valence-electron chi connectivity index (χ3n) is 4.38. The Morgan fingerprint density at radius 3 is 2.59 bits per heavy atom. The molecule has 1 N–H and O–H groups in total. The molecule has 0 aliphatic carbocycles. The van der Waals surface area contributed by atoms with Crippen LogP contribution in [-0.2, 0) is 0 Å². The Morgan fingerprint density at radius 1 is 0.889 bits per heavy atom. The summed E-state index contributed by atoms with van der Waals surface area (Å²) in [5.74, 6) is 0.644. The van der Waals surface area contributed by atoms with Crippen LogP contribution in [0.5, 0.6) is 0 Å². The Labute approximate surface area is 169 Å². The largest absolute Gasteiger partial charge is 0.289 e. The van der Waals surface area contributed by atoms with Gasteiger partial charge in [0.15, 0.2) is 5.82 Å². The van der Waals surface area contributed by atoms with Crippen molar-refractivity contribution in [2.24, 2.45) is 0 Å². The van der Waals surface area contributed by atoms with Crippen LogP contribution < -0.4 is 5.43 Å². The molecule has 0 atom stereocenters. The van der Waals surface area contributed by atoms with Crippen molar-refractivity contribution in [3.63, 3.8) is 0 Å². The molecule has 5 rings (SSSR count).